The van der Waals surface area contributed by atoms with Gasteiger partial charge in [-0.3, -0.25) is 0 Å². The van der Waals surface area contributed by atoms with Crippen molar-refractivity contribution in [2.75, 3.05) is 0 Å². The van der Waals surface area contributed by atoms with E-state index in [0.717, 1.165) is 16.7 Å². The summed E-state index contributed by atoms with van der Waals surface area (Å²) in [4.78, 5) is 14.6. The monoisotopic (exact) mass is 269 g/mol. The van der Waals surface area contributed by atoms with Crippen LogP contribution in [0.5, 0.6) is 0 Å². The van der Waals surface area contributed by atoms with E-state index in [9.17, 15) is 18.0 Å². The van der Waals surface area contributed by atoms with Crippen LogP contribution in [0.15, 0.2) is 18.3 Å². The second kappa shape index (κ2) is 4.28. The van der Waals surface area contributed by atoms with Crippen LogP contribution in [0.3, 0.4) is 0 Å². The number of carboxylic acid groups (broad SMARTS) is 1. The van der Waals surface area contributed by atoms with E-state index < -0.39 is 17.7 Å². The lowest BCUT2D eigenvalue weighted by Gasteiger charge is -2.06. The summed E-state index contributed by atoms with van der Waals surface area (Å²) in [5.74, 6) is -1.33. The van der Waals surface area contributed by atoms with Gasteiger partial charge in [0, 0.05) is 11.6 Å². The van der Waals surface area contributed by atoms with E-state index in [2.05, 4.69) is 4.98 Å². The largest absolute Gasteiger partial charge is 0.477 e. The molecule has 2 aromatic heterocycles. The molecular weight excluding hydrogens is 263 g/mol. The molecule has 0 aliphatic carbocycles. The number of hydrogen-bond acceptors (Lipinski definition) is 3. The molecule has 0 saturated carbocycles. The van der Waals surface area contributed by atoms with E-state index in [1.807, 2.05) is 0 Å². The van der Waals surface area contributed by atoms with Crippen LogP contribution in [0, 0.1) is 11.3 Å². The van der Waals surface area contributed by atoms with Gasteiger partial charge >= 0.3 is 12.1 Å². The van der Waals surface area contributed by atoms with Crippen molar-refractivity contribution in [2.24, 2.45) is 0 Å². The van der Waals surface area contributed by atoms with E-state index in [4.69, 9.17) is 10.4 Å². The predicted molar refractivity (Wildman–Crippen MR) is 57.3 cm³/mol. The minimum absolute atomic E-state index is 0.0301. The molecule has 0 aliphatic heterocycles. The van der Waals surface area contributed by atoms with Gasteiger partial charge in [-0.2, -0.15) is 18.4 Å². The van der Waals surface area contributed by atoms with Crippen molar-refractivity contribution in [3.05, 3.63) is 29.6 Å². The summed E-state index contributed by atoms with van der Waals surface area (Å²) in [6, 6.07) is 3.61. The zero-order valence-corrected chi connectivity index (χ0v) is 9.27. The average molecular weight is 269 g/mol. The molecule has 19 heavy (non-hydrogen) atoms. The standard InChI is InChI=1S/C11H6F3N3O2/c12-11(13,14)7-3-6-4-8(10(18)19)17(2-1-15)9(6)16-5-7/h3-5H,2H2,(H,18,19). The second-order valence-corrected chi connectivity index (χ2v) is 3.71. The molecule has 0 radical (unpaired) electrons. The highest BCUT2D eigenvalue weighted by Crippen LogP contribution is 2.31. The van der Waals surface area contributed by atoms with Crippen molar-refractivity contribution in [2.45, 2.75) is 12.7 Å². The zero-order chi connectivity index (χ0) is 14.2. The van der Waals surface area contributed by atoms with Crippen LogP contribution in [0.1, 0.15) is 16.1 Å². The zero-order valence-electron chi connectivity index (χ0n) is 9.27. The molecule has 0 saturated heterocycles. The molecule has 0 aliphatic rings. The van der Waals surface area contributed by atoms with Crippen LogP contribution in [0.4, 0.5) is 13.2 Å². The van der Waals surface area contributed by atoms with Gasteiger partial charge in [-0.25, -0.2) is 9.78 Å². The number of halogens is 3. The minimum Gasteiger partial charge on any atom is -0.477 e. The summed E-state index contributed by atoms with van der Waals surface area (Å²) in [6.07, 6.45) is -3.94. The lowest BCUT2D eigenvalue weighted by atomic mass is 10.2. The molecule has 1 N–H and O–H groups in total. The van der Waals surface area contributed by atoms with Crippen molar-refractivity contribution >= 4 is 17.0 Å². The fourth-order valence-electron chi connectivity index (χ4n) is 1.71. The van der Waals surface area contributed by atoms with Crippen LogP contribution in [0.25, 0.3) is 11.0 Å². The van der Waals surface area contributed by atoms with Gasteiger partial charge in [-0.05, 0) is 12.1 Å². The van der Waals surface area contributed by atoms with Crippen LogP contribution >= 0.6 is 0 Å². The molecule has 8 heteroatoms. The van der Waals surface area contributed by atoms with Gasteiger partial charge in [0.25, 0.3) is 0 Å². The van der Waals surface area contributed by atoms with Gasteiger partial charge in [-0.1, -0.05) is 0 Å². The summed E-state index contributed by atoms with van der Waals surface area (Å²) < 4.78 is 38.6. The minimum atomic E-state index is -4.55. The van der Waals surface area contributed by atoms with Crippen molar-refractivity contribution < 1.29 is 23.1 Å². The fraction of sp³-hybridized carbons (Fsp3) is 0.182. The maximum Gasteiger partial charge on any atom is 0.417 e. The first-order valence-electron chi connectivity index (χ1n) is 5.01. The highest BCUT2D eigenvalue weighted by atomic mass is 19.4. The van der Waals surface area contributed by atoms with Crippen LogP contribution in [-0.4, -0.2) is 20.6 Å². The Balaban J connectivity index is 2.70. The number of hydrogen-bond donors (Lipinski definition) is 1. The van der Waals surface area contributed by atoms with Crippen molar-refractivity contribution in [3.8, 4) is 6.07 Å². The molecule has 0 atom stereocenters. The molecule has 0 unspecified atom stereocenters. The van der Waals surface area contributed by atoms with Gasteiger partial charge in [0.1, 0.15) is 17.9 Å². The van der Waals surface area contributed by atoms with Crippen molar-refractivity contribution in [1.82, 2.24) is 9.55 Å². The van der Waals surface area contributed by atoms with Crippen LogP contribution < -0.4 is 0 Å². The number of aromatic carboxylic acids is 1. The predicted octanol–water partition coefficient (Wildman–Crippen LogP) is 2.28. The normalized spacial score (nSPS) is 11.5. The first-order chi connectivity index (χ1) is 8.84. The van der Waals surface area contributed by atoms with Gasteiger partial charge in [0.05, 0.1) is 11.6 Å². The summed E-state index contributed by atoms with van der Waals surface area (Å²) in [6.45, 7) is -0.302. The fourth-order valence-corrected chi connectivity index (χ4v) is 1.71. The van der Waals surface area contributed by atoms with Gasteiger partial charge in [0.15, 0.2) is 0 Å². The van der Waals surface area contributed by atoms with E-state index >= 15 is 0 Å². The Kier molecular flexibility index (Phi) is 2.90. The number of fused-ring (bicyclic) bond motifs is 1. The highest BCUT2D eigenvalue weighted by Gasteiger charge is 2.31. The Hall–Kier alpha value is -2.56. The molecule has 0 aromatic carbocycles. The Labute approximate surface area is 104 Å². The number of nitrogens with zero attached hydrogens (tertiary/aromatic N) is 3. The molecule has 98 valence electrons. The third kappa shape index (κ3) is 2.22. The SMILES string of the molecule is N#CCn1c(C(=O)O)cc2cc(C(F)(F)F)cnc21. The maximum absolute atomic E-state index is 12.5. The molecule has 2 aromatic rings. The van der Waals surface area contributed by atoms with E-state index in [-0.39, 0.29) is 23.3 Å². The molecule has 0 amide bonds. The van der Waals surface area contributed by atoms with E-state index in [0.29, 0.717) is 6.20 Å². The lowest BCUT2D eigenvalue weighted by Crippen LogP contribution is -2.08. The number of alkyl halides is 3. The molecular formula is C11H6F3N3O2. The maximum atomic E-state index is 12.5. The smallest absolute Gasteiger partial charge is 0.417 e. The number of nitriles is 1. The average Bonchev–Trinajstić information content (AvgIpc) is 2.67. The topological polar surface area (TPSA) is 78.9 Å². The van der Waals surface area contributed by atoms with Gasteiger partial charge in [0.2, 0.25) is 0 Å². The molecule has 0 spiro atoms. The number of aromatic nitrogens is 2. The number of carboxylic acids is 1. The highest BCUT2D eigenvalue weighted by molar-refractivity contribution is 5.93. The third-order valence-corrected chi connectivity index (χ3v) is 2.51. The van der Waals surface area contributed by atoms with Gasteiger partial charge < -0.3 is 9.67 Å². The van der Waals surface area contributed by atoms with E-state index in [1.54, 1.807) is 6.07 Å². The van der Waals surface area contributed by atoms with Crippen molar-refractivity contribution in [3.63, 3.8) is 0 Å². The van der Waals surface area contributed by atoms with E-state index in [1.165, 1.54) is 0 Å². The summed E-state index contributed by atoms with van der Waals surface area (Å²) in [5, 5.41) is 17.6. The van der Waals surface area contributed by atoms with Crippen molar-refractivity contribution in [1.29, 1.82) is 5.26 Å². The molecule has 5 nitrogen and oxygen atoms in total. The molecule has 0 bridgehead atoms. The Morgan fingerprint density at radius 3 is 2.68 bits per heavy atom. The number of rotatable bonds is 2. The molecule has 0 fully saturated rings. The summed E-state index contributed by atoms with van der Waals surface area (Å²) in [5.41, 5.74) is -1.21. The first kappa shape index (κ1) is 12.9. The van der Waals surface area contributed by atoms with Gasteiger partial charge in [-0.15, -0.1) is 0 Å². The third-order valence-electron chi connectivity index (χ3n) is 2.51. The van der Waals surface area contributed by atoms with Crippen LogP contribution in [-0.2, 0) is 12.7 Å². The lowest BCUT2D eigenvalue weighted by molar-refractivity contribution is -0.137. The summed E-state index contributed by atoms with van der Waals surface area (Å²) in [7, 11) is 0. The Morgan fingerprint density at radius 1 is 1.47 bits per heavy atom. The number of pyridine rings is 1. The first-order valence-corrected chi connectivity index (χ1v) is 5.01. The molecule has 2 heterocycles. The Morgan fingerprint density at radius 2 is 2.16 bits per heavy atom. The summed E-state index contributed by atoms with van der Waals surface area (Å²) >= 11 is 0. The second-order valence-electron chi connectivity index (χ2n) is 3.71. The number of carbonyl (C=O) groups is 1. The quantitative estimate of drug-likeness (QED) is 0.907. The molecule has 2 rings (SSSR count). The Bertz CT molecular complexity index is 697. The van der Waals surface area contributed by atoms with Crippen LogP contribution in [0.2, 0.25) is 0 Å².